The molecule has 0 aliphatic carbocycles. The lowest BCUT2D eigenvalue weighted by Gasteiger charge is -2.36. The predicted molar refractivity (Wildman–Crippen MR) is 129 cm³/mol. The average Bonchev–Trinajstić information content (AvgIpc) is 2.87. The number of pyridine rings is 2. The molecule has 0 spiro atoms. The highest BCUT2D eigenvalue weighted by Gasteiger charge is 2.27. The van der Waals surface area contributed by atoms with Crippen LogP contribution in [0.25, 0.3) is 10.9 Å². The van der Waals surface area contributed by atoms with Gasteiger partial charge in [-0.25, -0.2) is 4.98 Å². The van der Waals surface area contributed by atoms with E-state index in [0.29, 0.717) is 43.3 Å². The van der Waals surface area contributed by atoms with Crippen molar-refractivity contribution in [2.24, 2.45) is 0 Å². The molecule has 10 nitrogen and oxygen atoms in total. The number of hydrogen-bond acceptors (Lipinski definition) is 8. The second-order valence-electron chi connectivity index (χ2n) is 8.88. The molecule has 3 aromatic rings. The first kappa shape index (κ1) is 23.0. The summed E-state index contributed by atoms with van der Waals surface area (Å²) in [6.07, 6.45) is 1.89. The lowest BCUT2D eigenvalue weighted by molar-refractivity contribution is -0.118. The molecule has 0 unspecified atom stereocenters. The van der Waals surface area contributed by atoms with Crippen molar-refractivity contribution in [3.63, 3.8) is 0 Å². The van der Waals surface area contributed by atoms with Gasteiger partial charge >= 0.3 is 0 Å². The van der Waals surface area contributed by atoms with Crippen molar-refractivity contribution in [2.45, 2.75) is 31.7 Å². The van der Waals surface area contributed by atoms with Crippen LogP contribution in [0.2, 0.25) is 0 Å². The molecular formula is C25H26N6O4. The molecule has 0 saturated carbocycles. The zero-order chi connectivity index (χ0) is 24.4. The molecule has 1 fully saturated rings. The molecule has 2 aromatic heterocycles. The average molecular weight is 475 g/mol. The Morgan fingerprint density at radius 1 is 1.23 bits per heavy atom. The van der Waals surface area contributed by atoms with Crippen LogP contribution in [0.3, 0.4) is 0 Å². The van der Waals surface area contributed by atoms with Gasteiger partial charge in [0.1, 0.15) is 0 Å². The lowest BCUT2D eigenvalue weighted by Crippen LogP contribution is -2.53. The number of nitrogens with zero attached hydrogens (tertiary/aromatic N) is 4. The number of aromatic nitrogens is 2. The Morgan fingerprint density at radius 2 is 2.09 bits per heavy atom. The number of benzene rings is 1. The normalized spacial score (nSPS) is 20.1. The van der Waals surface area contributed by atoms with Gasteiger partial charge < -0.3 is 25.0 Å². The minimum Gasteiger partial charge on any atom is -0.480 e. The van der Waals surface area contributed by atoms with Gasteiger partial charge in [0.25, 0.3) is 11.5 Å². The zero-order valence-corrected chi connectivity index (χ0v) is 19.1. The Hall–Kier alpha value is -3.78. The Labute approximate surface area is 201 Å². The number of nitrogens with one attached hydrogen (secondary N) is 2. The third-order valence-corrected chi connectivity index (χ3v) is 6.52. The number of carbonyl (C=O) groups is 1. The van der Waals surface area contributed by atoms with E-state index in [1.165, 1.54) is 0 Å². The number of carbonyl (C=O) groups excluding carboxylic acids is 1. The van der Waals surface area contributed by atoms with Crippen LogP contribution < -0.4 is 20.9 Å². The Morgan fingerprint density at radius 3 is 2.91 bits per heavy atom. The van der Waals surface area contributed by atoms with Gasteiger partial charge in [0.2, 0.25) is 0 Å². The monoisotopic (exact) mass is 474 g/mol. The van der Waals surface area contributed by atoms with E-state index in [9.17, 15) is 20.0 Å². The summed E-state index contributed by atoms with van der Waals surface area (Å²) in [5.41, 5.74) is 2.06. The van der Waals surface area contributed by atoms with Crippen molar-refractivity contribution in [3.05, 3.63) is 64.1 Å². The van der Waals surface area contributed by atoms with Gasteiger partial charge in [-0.1, -0.05) is 6.07 Å². The minimum absolute atomic E-state index is 0.0207. The van der Waals surface area contributed by atoms with E-state index >= 15 is 0 Å². The summed E-state index contributed by atoms with van der Waals surface area (Å²) >= 11 is 0. The number of aliphatic hydroxyl groups is 1. The molecule has 2 atom stereocenters. The van der Waals surface area contributed by atoms with Gasteiger partial charge in [0, 0.05) is 44.5 Å². The summed E-state index contributed by atoms with van der Waals surface area (Å²) in [7, 11) is 0. The standard InChI is InChI=1S/C25H26N6O4/c26-11-16-1-2-18-3-4-24(34)31(20(18)9-16)8-7-30-6-5-19(21(32)14-30)27-12-17-10-22-25(28-13-17)29-23(33)15-35-22/h1-4,9-10,13,19,21,27,32H,5-8,12,14-15H2,(H,28,29,33)/t19-,21+/m0/s1. The second kappa shape index (κ2) is 9.84. The summed E-state index contributed by atoms with van der Waals surface area (Å²) in [5.74, 6) is 0.750. The number of β-amino-alcohol motifs (C(OH)–C–C–N with tert-alkyl or cyclic N) is 1. The summed E-state index contributed by atoms with van der Waals surface area (Å²) < 4.78 is 7.11. The van der Waals surface area contributed by atoms with Crippen molar-refractivity contribution >= 4 is 22.6 Å². The number of fused-ring (bicyclic) bond motifs is 2. The fraction of sp³-hybridized carbons (Fsp3) is 0.360. The molecule has 5 rings (SSSR count). The highest BCUT2D eigenvalue weighted by Crippen LogP contribution is 2.26. The molecule has 0 bridgehead atoms. The maximum Gasteiger partial charge on any atom is 0.263 e. The highest BCUT2D eigenvalue weighted by molar-refractivity contribution is 5.94. The van der Waals surface area contributed by atoms with Crippen molar-refractivity contribution in [1.29, 1.82) is 5.26 Å². The molecule has 4 heterocycles. The fourth-order valence-corrected chi connectivity index (χ4v) is 4.61. The van der Waals surface area contributed by atoms with Gasteiger partial charge in [0.15, 0.2) is 18.2 Å². The van der Waals surface area contributed by atoms with E-state index in [-0.39, 0.29) is 24.1 Å². The van der Waals surface area contributed by atoms with E-state index < -0.39 is 6.10 Å². The number of anilines is 1. The Kier molecular flexibility index (Phi) is 6.46. The second-order valence-corrected chi connectivity index (χ2v) is 8.88. The third kappa shape index (κ3) is 5.02. The third-order valence-electron chi connectivity index (χ3n) is 6.52. The first-order valence-electron chi connectivity index (χ1n) is 11.6. The molecule has 2 aliphatic rings. The summed E-state index contributed by atoms with van der Waals surface area (Å²) in [6.45, 7) is 2.89. The fourth-order valence-electron chi connectivity index (χ4n) is 4.61. The number of nitriles is 1. The lowest BCUT2D eigenvalue weighted by atomic mass is 10.0. The van der Waals surface area contributed by atoms with Crippen LogP contribution in [0.5, 0.6) is 5.75 Å². The maximum atomic E-state index is 12.5. The van der Waals surface area contributed by atoms with E-state index in [0.717, 1.165) is 29.4 Å². The molecule has 10 heteroatoms. The first-order valence-corrected chi connectivity index (χ1v) is 11.6. The van der Waals surface area contributed by atoms with Crippen molar-refractivity contribution in [3.8, 4) is 11.8 Å². The highest BCUT2D eigenvalue weighted by atomic mass is 16.5. The van der Waals surface area contributed by atoms with Crippen molar-refractivity contribution < 1.29 is 14.6 Å². The molecular weight excluding hydrogens is 448 g/mol. The largest absolute Gasteiger partial charge is 0.480 e. The summed E-state index contributed by atoms with van der Waals surface area (Å²) in [4.78, 5) is 30.3. The topological polar surface area (TPSA) is 133 Å². The molecule has 2 aliphatic heterocycles. The minimum atomic E-state index is -0.556. The van der Waals surface area contributed by atoms with Gasteiger partial charge in [-0.3, -0.25) is 14.5 Å². The first-order chi connectivity index (χ1) is 17.0. The Balaban J connectivity index is 1.17. The van der Waals surface area contributed by atoms with Gasteiger partial charge in [-0.2, -0.15) is 5.26 Å². The van der Waals surface area contributed by atoms with Gasteiger partial charge in [-0.15, -0.1) is 0 Å². The van der Waals surface area contributed by atoms with Crippen LogP contribution in [0, 0.1) is 11.3 Å². The van der Waals surface area contributed by atoms with E-state index in [1.54, 1.807) is 35.0 Å². The molecule has 35 heavy (non-hydrogen) atoms. The van der Waals surface area contributed by atoms with Crippen molar-refractivity contribution in [1.82, 2.24) is 19.8 Å². The number of aliphatic hydroxyl groups excluding tert-OH is 1. The molecule has 0 radical (unpaired) electrons. The van der Waals surface area contributed by atoms with E-state index in [1.807, 2.05) is 12.1 Å². The number of likely N-dealkylation sites (tertiary alicyclic amines) is 1. The molecule has 1 saturated heterocycles. The molecule has 1 aromatic carbocycles. The smallest absolute Gasteiger partial charge is 0.263 e. The van der Waals surface area contributed by atoms with Crippen LogP contribution >= 0.6 is 0 Å². The van der Waals surface area contributed by atoms with Crippen LogP contribution in [0.1, 0.15) is 17.5 Å². The summed E-state index contributed by atoms with van der Waals surface area (Å²) in [5, 5.41) is 26.9. The number of piperidine rings is 1. The van der Waals surface area contributed by atoms with Crippen LogP contribution in [0.4, 0.5) is 5.82 Å². The van der Waals surface area contributed by atoms with Crippen molar-refractivity contribution in [2.75, 3.05) is 31.6 Å². The Bertz CT molecular complexity index is 1360. The molecule has 3 N–H and O–H groups in total. The van der Waals surface area contributed by atoms with Crippen LogP contribution in [-0.2, 0) is 17.9 Å². The predicted octanol–water partition coefficient (Wildman–Crippen LogP) is 0.824. The number of ether oxygens (including phenoxy) is 1. The molecule has 1 amide bonds. The van der Waals surface area contributed by atoms with E-state index in [2.05, 4.69) is 26.6 Å². The molecule has 180 valence electrons. The van der Waals surface area contributed by atoms with Crippen LogP contribution in [0.15, 0.2) is 47.4 Å². The van der Waals surface area contributed by atoms with E-state index in [4.69, 9.17) is 4.74 Å². The van der Waals surface area contributed by atoms with Gasteiger partial charge in [-0.05, 0) is 48.2 Å². The quantitative estimate of drug-likeness (QED) is 0.479. The summed E-state index contributed by atoms with van der Waals surface area (Å²) in [6, 6.07) is 12.6. The SMILES string of the molecule is N#Cc1ccc2ccc(=O)n(CCN3CC[C@H](NCc4cnc5c(c4)OCC(=O)N5)[C@H](O)C3)c2c1. The number of hydrogen-bond donors (Lipinski definition) is 3. The van der Waals surface area contributed by atoms with Crippen LogP contribution in [-0.4, -0.2) is 63.9 Å². The number of amides is 1. The maximum absolute atomic E-state index is 12.5. The number of rotatable bonds is 6. The zero-order valence-electron chi connectivity index (χ0n) is 19.1. The van der Waals surface area contributed by atoms with Gasteiger partial charge in [0.05, 0.1) is 23.3 Å².